The average molecular weight is 528 g/mol. The van der Waals surface area contributed by atoms with Crippen LogP contribution in [0.2, 0.25) is 5.02 Å². The minimum Gasteiger partial charge on any atom is -0.495 e. The van der Waals surface area contributed by atoms with E-state index in [1.54, 1.807) is 53.4 Å². The highest BCUT2D eigenvalue weighted by Crippen LogP contribution is 2.35. The van der Waals surface area contributed by atoms with Gasteiger partial charge < -0.3 is 15.0 Å². The van der Waals surface area contributed by atoms with E-state index in [1.807, 2.05) is 6.92 Å². The second kappa shape index (κ2) is 10.6. The molecule has 0 unspecified atom stereocenters. The Hall–Kier alpha value is -3.56. The standard InChI is InChI=1S/C26H26ClN3O5S/c1-18-5-12-22(13-6-18)36(33,34)30(23-16-19(27)7-14-24(23)35-2)17-25(31)28-20-8-10-21(11-9-20)29-15-3-4-26(29)32/h5-14,16H,3-4,15,17H2,1-2H3,(H,28,31). The van der Waals surface area contributed by atoms with Crippen molar-refractivity contribution in [1.29, 1.82) is 0 Å². The van der Waals surface area contributed by atoms with Gasteiger partial charge in [0, 0.05) is 29.4 Å². The number of methoxy groups -OCH3 is 1. The summed E-state index contributed by atoms with van der Waals surface area (Å²) in [6, 6.07) is 17.8. The van der Waals surface area contributed by atoms with Gasteiger partial charge in [-0.15, -0.1) is 0 Å². The first-order valence-electron chi connectivity index (χ1n) is 11.3. The van der Waals surface area contributed by atoms with Crippen LogP contribution in [-0.2, 0) is 19.6 Å². The molecule has 8 nitrogen and oxygen atoms in total. The molecule has 1 fully saturated rings. The number of ether oxygens (including phenoxy) is 1. The lowest BCUT2D eigenvalue weighted by Crippen LogP contribution is -2.38. The first-order valence-corrected chi connectivity index (χ1v) is 13.1. The minimum absolute atomic E-state index is 0.0301. The maximum atomic E-state index is 13.6. The summed E-state index contributed by atoms with van der Waals surface area (Å²) in [6.45, 7) is 2.00. The summed E-state index contributed by atoms with van der Waals surface area (Å²) in [5.74, 6) is -0.237. The number of halogens is 1. The molecule has 36 heavy (non-hydrogen) atoms. The van der Waals surface area contributed by atoms with Gasteiger partial charge in [-0.05, 0) is 67.9 Å². The van der Waals surface area contributed by atoms with Crippen LogP contribution >= 0.6 is 11.6 Å². The number of nitrogens with one attached hydrogen (secondary N) is 1. The number of anilines is 3. The molecule has 0 atom stereocenters. The highest BCUT2D eigenvalue weighted by Gasteiger charge is 2.30. The lowest BCUT2D eigenvalue weighted by Gasteiger charge is -2.26. The SMILES string of the molecule is COc1ccc(Cl)cc1N(CC(=O)Nc1ccc(N2CCCC2=O)cc1)S(=O)(=O)c1ccc(C)cc1. The van der Waals surface area contributed by atoms with Gasteiger partial charge in [0.2, 0.25) is 11.8 Å². The molecule has 3 aromatic carbocycles. The Labute approximate surface area is 215 Å². The predicted octanol–water partition coefficient (Wildman–Crippen LogP) is 4.62. The van der Waals surface area contributed by atoms with Gasteiger partial charge in [-0.25, -0.2) is 8.42 Å². The molecule has 4 rings (SSSR count). The van der Waals surface area contributed by atoms with Crippen molar-refractivity contribution in [2.45, 2.75) is 24.7 Å². The van der Waals surface area contributed by atoms with Crippen molar-refractivity contribution in [2.24, 2.45) is 0 Å². The number of benzene rings is 3. The number of rotatable bonds is 8. The smallest absolute Gasteiger partial charge is 0.264 e. The van der Waals surface area contributed by atoms with Crippen molar-refractivity contribution in [3.05, 3.63) is 77.3 Å². The Kier molecular flexibility index (Phi) is 7.51. The molecule has 0 bridgehead atoms. The fraction of sp³-hybridized carbons (Fsp3) is 0.231. The molecule has 2 amide bonds. The topological polar surface area (TPSA) is 96.0 Å². The van der Waals surface area contributed by atoms with Crippen LogP contribution < -0.4 is 19.3 Å². The maximum Gasteiger partial charge on any atom is 0.264 e. The molecule has 1 saturated heterocycles. The van der Waals surface area contributed by atoms with E-state index in [2.05, 4.69) is 5.32 Å². The van der Waals surface area contributed by atoms with E-state index < -0.39 is 22.5 Å². The van der Waals surface area contributed by atoms with Gasteiger partial charge >= 0.3 is 0 Å². The number of nitrogens with zero attached hydrogens (tertiary/aromatic N) is 2. The van der Waals surface area contributed by atoms with Crippen molar-refractivity contribution in [3.63, 3.8) is 0 Å². The zero-order chi connectivity index (χ0) is 25.9. The lowest BCUT2D eigenvalue weighted by atomic mass is 10.2. The van der Waals surface area contributed by atoms with Crippen molar-refractivity contribution in [3.8, 4) is 5.75 Å². The number of carbonyl (C=O) groups excluding carboxylic acids is 2. The molecular formula is C26H26ClN3O5S. The van der Waals surface area contributed by atoms with Crippen molar-refractivity contribution >= 4 is 50.5 Å². The number of amides is 2. The van der Waals surface area contributed by atoms with Gasteiger partial charge in [0.15, 0.2) is 0 Å². The summed E-state index contributed by atoms with van der Waals surface area (Å²) in [4.78, 5) is 26.8. The second-order valence-corrected chi connectivity index (χ2v) is 10.7. The third kappa shape index (κ3) is 5.47. The van der Waals surface area contributed by atoms with Gasteiger partial charge in [-0.3, -0.25) is 13.9 Å². The third-order valence-corrected chi connectivity index (χ3v) is 7.85. The van der Waals surface area contributed by atoms with Crippen LogP contribution in [0, 0.1) is 6.92 Å². The zero-order valence-corrected chi connectivity index (χ0v) is 21.5. The van der Waals surface area contributed by atoms with Gasteiger partial charge in [0.1, 0.15) is 12.3 Å². The molecule has 10 heteroatoms. The molecule has 0 saturated carbocycles. The first-order chi connectivity index (χ1) is 17.2. The molecule has 1 aliphatic heterocycles. The Balaban J connectivity index is 1.62. The van der Waals surface area contributed by atoms with E-state index in [0.717, 1.165) is 22.0 Å². The van der Waals surface area contributed by atoms with Gasteiger partial charge in [-0.1, -0.05) is 29.3 Å². The fourth-order valence-electron chi connectivity index (χ4n) is 3.97. The van der Waals surface area contributed by atoms with Gasteiger partial charge in [0.25, 0.3) is 10.0 Å². The molecule has 0 radical (unpaired) electrons. The summed E-state index contributed by atoms with van der Waals surface area (Å²) in [6.07, 6.45) is 1.34. The Bertz CT molecular complexity index is 1380. The third-order valence-electron chi connectivity index (χ3n) is 5.84. The highest BCUT2D eigenvalue weighted by molar-refractivity contribution is 7.92. The van der Waals surface area contributed by atoms with Crippen molar-refractivity contribution < 1.29 is 22.7 Å². The van der Waals surface area contributed by atoms with Crippen LogP contribution in [0.15, 0.2) is 71.6 Å². The predicted molar refractivity (Wildman–Crippen MR) is 140 cm³/mol. The van der Waals surface area contributed by atoms with E-state index in [1.165, 1.54) is 25.3 Å². The van der Waals surface area contributed by atoms with E-state index in [-0.39, 0.29) is 22.2 Å². The Morgan fingerprint density at radius 2 is 1.78 bits per heavy atom. The number of hydrogen-bond donors (Lipinski definition) is 1. The van der Waals surface area contributed by atoms with Crippen LogP contribution in [0.1, 0.15) is 18.4 Å². The molecule has 1 N–H and O–H groups in total. The quantitative estimate of drug-likeness (QED) is 0.461. The van der Waals surface area contributed by atoms with Crippen LogP contribution in [-0.4, -0.2) is 40.4 Å². The van der Waals surface area contributed by atoms with Crippen LogP contribution in [0.25, 0.3) is 0 Å². The summed E-state index contributed by atoms with van der Waals surface area (Å²) in [7, 11) is -2.73. The monoisotopic (exact) mass is 527 g/mol. The Morgan fingerprint density at radius 3 is 2.39 bits per heavy atom. The second-order valence-electron chi connectivity index (χ2n) is 8.38. The maximum absolute atomic E-state index is 13.6. The van der Waals surface area contributed by atoms with Gasteiger partial charge in [0.05, 0.1) is 17.7 Å². The molecule has 1 aliphatic rings. The number of carbonyl (C=O) groups is 2. The normalized spacial score (nSPS) is 13.5. The highest BCUT2D eigenvalue weighted by atomic mass is 35.5. The number of sulfonamides is 1. The summed E-state index contributed by atoms with van der Waals surface area (Å²) in [5, 5.41) is 3.03. The molecule has 0 aliphatic carbocycles. The van der Waals surface area contributed by atoms with Gasteiger partial charge in [-0.2, -0.15) is 0 Å². The molecular weight excluding hydrogens is 502 g/mol. The van der Waals surface area contributed by atoms with Crippen molar-refractivity contribution in [2.75, 3.05) is 34.7 Å². The Morgan fingerprint density at radius 1 is 1.08 bits per heavy atom. The molecule has 1 heterocycles. The summed E-state index contributed by atoms with van der Waals surface area (Å²) < 4.78 is 33.6. The van der Waals surface area contributed by atoms with Crippen LogP contribution in [0.5, 0.6) is 5.75 Å². The first kappa shape index (κ1) is 25.5. The molecule has 0 aromatic heterocycles. The molecule has 0 spiro atoms. The molecule has 188 valence electrons. The average Bonchev–Trinajstić information content (AvgIpc) is 3.29. The van der Waals surface area contributed by atoms with Crippen LogP contribution in [0.4, 0.5) is 17.1 Å². The largest absolute Gasteiger partial charge is 0.495 e. The van der Waals surface area contributed by atoms with E-state index in [9.17, 15) is 18.0 Å². The van der Waals surface area contributed by atoms with E-state index in [0.29, 0.717) is 23.7 Å². The fourth-order valence-corrected chi connectivity index (χ4v) is 5.56. The summed E-state index contributed by atoms with van der Waals surface area (Å²) in [5.41, 5.74) is 2.27. The van der Waals surface area contributed by atoms with Crippen molar-refractivity contribution in [1.82, 2.24) is 0 Å². The zero-order valence-electron chi connectivity index (χ0n) is 19.9. The number of hydrogen-bond acceptors (Lipinski definition) is 5. The van der Waals surface area contributed by atoms with E-state index in [4.69, 9.17) is 16.3 Å². The van der Waals surface area contributed by atoms with Crippen LogP contribution in [0.3, 0.4) is 0 Å². The minimum atomic E-state index is -4.14. The molecule has 3 aromatic rings. The van der Waals surface area contributed by atoms with E-state index >= 15 is 0 Å². The summed E-state index contributed by atoms with van der Waals surface area (Å²) >= 11 is 6.17. The lowest BCUT2D eigenvalue weighted by molar-refractivity contribution is -0.117. The number of aryl methyl sites for hydroxylation is 1.